The summed E-state index contributed by atoms with van der Waals surface area (Å²) in [4.78, 5) is 4.71. The molecule has 0 fully saturated rings. The summed E-state index contributed by atoms with van der Waals surface area (Å²) in [7, 11) is 0. The van der Waals surface area contributed by atoms with Crippen LogP contribution in [0.1, 0.15) is 48.7 Å². The molecule has 0 spiro atoms. The van der Waals surface area contributed by atoms with Gasteiger partial charge in [0, 0.05) is 17.9 Å². The third-order valence-electron chi connectivity index (χ3n) is 3.37. The SMILES string of the molecule is CCCCNCc1cc2c(nc1C)CCC2. The lowest BCUT2D eigenvalue weighted by Gasteiger charge is -2.09. The van der Waals surface area contributed by atoms with Gasteiger partial charge in [0.15, 0.2) is 0 Å². The first-order valence-corrected chi connectivity index (χ1v) is 6.50. The largest absolute Gasteiger partial charge is 0.313 e. The van der Waals surface area contributed by atoms with Gasteiger partial charge in [-0.05, 0) is 50.3 Å². The highest BCUT2D eigenvalue weighted by Gasteiger charge is 2.14. The Balaban J connectivity index is 1.98. The summed E-state index contributed by atoms with van der Waals surface area (Å²) in [5.41, 5.74) is 5.43. The van der Waals surface area contributed by atoms with Gasteiger partial charge < -0.3 is 5.32 Å². The van der Waals surface area contributed by atoms with Crippen molar-refractivity contribution in [3.05, 3.63) is 28.6 Å². The number of unbranched alkanes of at least 4 members (excludes halogenated alkanes) is 1. The van der Waals surface area contributed by atoms with Crippen molar-refractivity contribution < 1.29 is 0 Å². The van der Waals surface area contributed by atoms with Gasteiger partial charge in [-0.3, -0.25) is 4.98 Å². The second-order valence-corrected chi connectivity index (χ2v) is 4.72. The molecule has 1 aromatic heterocycles. The van der Waals surface area contributed by atoms with E-state index in [9.17, 15) is 0 Å². The third-order valence-corrected chi connectivity index (χ3v) is 3.37. The highest BCUT2D eigenvalue weighted by molar-refractivity contribution is 5.32. The number of nitrogens with one attached hydrogen (secondary N) is 1. The van der Waals surface area contributed by atoms with E-state index < -0.39 is 0 Å². The summed E-state index contributed by atoms with van der Waals surface area (Å²) in [6.45, 7) is 6.46. The van der Waals surface area contributed by atoms with E-state index >= 15 is 0 Å². The number of nitrogens with zero attached hydrogens (tertiary/aromatic N) is 1. The van der Waals surface area contributed by atoms with Gasteiger partial charge in [-0.2, -0.15) is 0 Å². The van der Waals surface area contributed by atoms with Crippen LogP contribution in [0.2, 0.25) is 0 Å². The zero-order chi connectivity index (χ0) is 11.4. The molecule has 0 saturated heterocycles. The van der Waals surface area contributed by atoms with E-state index in [1.807, 2.05) is 0 Å². The Kier molecular flexibility index (Phi) is 3.94. The van der Waals surface area contributed by atoms with Crippen LogP contribution in [-0.4, -0.2) is 11.5 Å². The van der Waals surface area contributed by atoms with E-state index in [-0.39, 0.29) is 0 Å². The lowest BCUT2D eigenvalue weighted by molar-refractivity contribution is 0.637. The van der Waals surface area contributed by atoms with Crippen molar-refractivity contribution in [1.82, 2.24) is 10.3 Å². The molecular formula is C14H22N2. The first-order chi connectivity index (χ1) is 7.81. The number of pyridine rings is 1. The Labute approximate surface area is 98.5 Å². The molecule has 1 N–H and O–H groups in total. The van der Waals surface area contributed by atoms with Crippen LogP contribution in [0.25, 0.3) is 0 Å². The molecule has 0 bridgehead atoms. The molecule has 1 aliphatic carbocycles. The Morgan fingerprint density at radius 3 is 3.06 bits per heavy atom. The van der Waals surface area contributed by atoms with Gasteiger partial charge in [-0.15, -0.1) is 0 Å². The normalized spacial score (nSPS) is 14.1. The predicted octanol–water partition coefficient (Wildman–Crippen LogP) is 2.77. The van der Waals surface area contributed by atoms with E-state index in [0.29, 0.717) is 0 Å². The lowest BCUT2D eigenvalue weighted by atomic mass is 10.1. The molecule has 0 aromatic carbocycles. The van der Waals surface area contributed by atoms with Gasteiger partial charge in [0.2, 0.25) is 0 Å². The van der Waals surface area contributed by atoms with Crippen molar-refractivity contribution >= 4 is 0 Å². The van der Waals surface area contributed by atoms with Crippen LogP contribution < -0.4 is 5.32 Å². The van der Waals surface area contributed by atoms with E-state index in [1.165, 1.54) is 54.6 Å². The maximum atomic E-state index is 4.71. The third kappa shape index (κ3) is 2.62. The van der Waals surface area contributed by atoms with Crippen LogP contribution in [-0.2, 0) is 19.4 Å². The van der Waals surface area contributed by atoms with Gasteiger partial charge in [-0.1, -0.05) is 19.4 Å². The number of aryl methyl sites for hydroxylation is 3. The number of aromatic nitrogens is 1. The van der Waals surface area contributed by atoms with Crippen molar-refractivity contribution in [3.63, 3.8) is 0 Å². The van der Waals surface area contributed by atoms with Crippen LogP contribution in [0.15, 0.2) is 6.07 Å². The molecule has 0 unspecified atom stereocenters. The number of rotatable bonds is 5. The maximum absolute atomic E-state index is 4.71. The van der Waals surface area contributed by atoms with Crippen molar-refractivity contribution in [1.29, 1.82) is 0 Å². The minimum absolute atomic E-state index is 0.978. The topological polar surface area (TPSA) is 24.9 Å². The minimum Gasteiger partial charge on any atom is -0.313 e. The lowest BCUT2D eigenvalue weighted by Crippen LogP contribution is -2.16. The Hall–Kier alpha value is -0.890. The summed E-state index contributed by atoms with van der Waals surface area (Å²) < 4.78 is 0. The van der Waals surface area contributed by atoms with Gasteiger partial charge in [0.05, 0.1) is 0 Å². The van der Waals surface area contributed by atoms with E-state index in [0.717, 1.165) is 13.1 Å². The van der Waals surface area contributed by atoms with Gasteiger partial charge in [-0.25, -0.2) is 0 Å². The molecule has 0 atom stereocenters. The molecule has 0 aliphatic heterocycles. The molecule has 0 saturated carbocycles. The van der Waals surface area contributed by atoms with Crippen molar-refractivity contribution in [2.45, 2.75) is 52.5 Å². The summed E-state index contributed by atoms with van der Waals surface area (Å²) in [6, 6.07) is 2.36. The standard InChI is InChI=1S/C14H22N2/c1-3-4-8-15-10-13-9-12-6-5-7-14(12)16-11(13)2/h9,15H,3-8,10H2,1-2H3. The summed E-state index contributed by atoms with van der Waals surface area (Å²) in [6.07, 6.45) is 6.21. The smallest absolute Gasteiger partial charge is 0.0439 e. The van der Waals surface area contributed by atoms with E-state index in [2.05, 4.69) is 25.2 Å². The highest BCUT2D eigenvalue weighted by Crippen LogP contribution is 2.22. The zero-order valence-electron chi connectivity index (χ0n) is 10.5. The molecule has 16 heavy (non-hydrogen) atoms. The molecule has 0 amide bonds. The number of hydrogen-bond acceptors (Lipinski definition) is 2. The number of hydrogen-bond donors (Lipinski definition) is 1. The minimum atomic E-state index is 0.978. The molecular weight excluding hydrogens is 196 g/mol. The fourth-order valence-corrected chi connectivity index (χ4v) is 2.33. The molecule has 0 radical (unpaired) electrons. The molecule has 2 rings (SSSR count). The van der Waals surface area contributed by atoms with E-state index in [4.69, 9.17) is 4.98 Å². The summed E-state index contributed by atoms with van der Waals surface area (Å²) in [5, 5.41) is 3.49. The monoisotopic (exact) mass is 218 g/mol. The van der Waals surface area contributed by atoms with Gasteiger partial charge >= 0.3 is 0 Å². The average molecular weight is 218 g/mol. The van der Waals surface area contributed by atoms with Gasteiger partial charge in [0.25, 0.3) is 0 Å². The Morgan fingerprint density at radius 2 is 2.25 bits per heavy atom. The van der Waals surface area contributed by atoms with Crippen molar-refractivity contribution in [2.24, 2.45) is 0 Å². The van der Waals surface area contributed by atoms with Crippen LogP contribution >= 0.6 is 0 Å². The zero-order valence-corrected chi connectivity index (χ0v) is 10.5. The molecule has 1 heterocycles. The van der Waals surface area contributed by atoms with Crippen LogP contribution in [0.4, 0.5) is 0 Å². The summed E-state index contributed by atoms with van der Waals surface area (Å²) >= 11 is 0. The number of fused-ring (bicyclic) bond motifs is 1. The van der Waals surface area contributed by atoms with E-state index in [1.54, 1.807) is 0 Å². The predicted molar refractivity (Wildman–Crippen MR) is 67.6 cm³/mol. The van der Waals surface area contributed by atoms with Crippen LogP contribution in [0, 0.1) is 6.92 Å². The molecule has 1 aromatic rings. The van der Waals surface area contributed by atoms with Crippen molar-refractivity contribution in [2.75, 3.05) is 6.54 Å². The molecule has 2 nitrogen and oxygen atoms in total. The second-order valence-electron chi connectivity index (χ2n) is 4.72. The first-order valence-electron chi connectivity index (χ1n) is 6.50. The van der Waals surface area contributed by atoms with Crippen LogP contribution in [0.3, 0.4) is 0 Å². The molecule has 1 aliphatic rings. The molecule has 88 valence electrons. The maximum Gasteiger partial charge on any atom is 0.0439 e. The first kappa shape index (κ1) is 11.6. The average Bonchev–Trinajstić information content (AvgIpc) is 2.71. The second kappa shape index (κ2) is 5.44. The van der Waals surface area contributed by atoms with Gasteiger partial charge in [0.1, 0.15) is 0 Å². The highest BCUT2D eigenvalue weighted by atomic mass is 14.9. The summed E-state index contributed by atoms with van der Waals surface area (Å²) in [5.74, 6) is 0. The Bertz CT molecular complexity index is 358. The van der Waals surface area contributed by atoms with Crippen molar-refractivity contribution in [3.8, 4) is 0 Å². The fourth-order valence-electron chi connectivity index (χ4n) is 2.33. The van der Waals surface area contributed by atoms with Crippen LogP contribution in [0.5, 0.6) is 0 Å². The fraction of sp³-hybridized carbons (Fsp3) is 0.643. The molecule has 2 heteroatoms. The quantitative estimate of drug-likeness (QED) is 0.769. The Morgan fingerprint density at radius 1 is 1.38 bits per heavy atom.